The van der Waals surface area contributed by atoms with E-state index in [4.69, 9.17) is 5.11 Å². The molecular weight excluding hydrogens is 277 g/mol. The van der Waals surface area contributed by atoms with Crippen molar-refractivity contribution in [3.05, 3.63) is 58.1 Å². The molecular formula is C12H7F3N2O3. The van der Waals surface area contributed by atoms with Crippen LogP contribution in [0.4, 0.5) is 13.2 Å². The van der Waals surface area contributed by atoms with E-state index >= 15 is 0 Å². The van der Waals surface area contributed by atoms with Gasteiger partial charge < -0.3 is 5.11 Å². The van der Waals surface area contributed by atoms with Crippen LogP contribution in [0.1, 0.15) is 15.9 Å². The first-order valence-electron chi connectivity index (χ1n) is 5.28. The molecule has 104 valence electrons. The Balaban J connectivity index is 2.49. The highest BCUT2D eigenvalue weighted by Gasteiger charge is 2.30. The van der Waals surface area contributed by atoms with Gasteiger partial charge in [0.15, 0.2) is 0 Å². The van der Waals surface area contributed by atoms with Crippen LogP contribution in [0.15, 0.2) is 41.5 Å². The van der Waals surface area contributed by atoms with Crippen molar-refractivity contribution in [2.75, 3.05) is 0 Å². The molecule has 0 amide bonds. The van der Waals surface area contributed by atoms with E-state index in [1.54, 1.807) is 0 Å². The summed E-state index contributed by atoms with van der Waals surface area (Å²) in [6.07, 6.45) is -2.95. The molecule has 2 rings (SSSR count). The van der Waals surface area contributed by atoms with Crippen LogP contribution in [0.5, 0.6) is 0 Å². The van der Waals surface area contributed by atoms with E-state index in [9.17, 15) is 22.8 Å². The van der Waals surface area contributed by atoms with Crippen LogP contribution < -0.4 is 5.56 Å². The number of aromatic carboxylic acids is 1. The van der Waals surface area contributed by atoms with E-state index < -0.39 is 23.3 Å². The van der Waals surface area contributed by atoms with Gasteiger partial charge in [0.25, 0.3) is 5.56 Å². The van der Waals surface area contributed by atoms with Crippen molar-refractivity contribution in [1.29, 1.82) is 0 Å². The number of aromatic nitrogens is 2. The Morgan fingerprint density at radius 1 is 1.20 bits per heavy atom. The Bertz CT molecular complexity index is 705. The van der Waals surface area contributed by atoms with Crippen LogP contribution in [-0.4, -0.2) is 20.6 Å². The second kappa shape index (κ2) is 4.80. The number of hydrogen-bond donors (Lipinski definition) is 1. The molecule has 8 heteroatoms. The quantitative estimate of drug-likeness (QED) is 0.914. The van der Waals surface area contributed by atoms with Gasteiger partial charge >= 0.3 is 12.1 Å². The zero-order valence-electron chi connectivity index (χ0n) is 9.76. The predicted octanol–water partition coefficient (Wildman–Crippen LogP) is 1.95. The molecule has 0 saturated heterocycles. The number of halogens is 3. The lowest BCUT2D eigenvalue weighted by Crippen LogP contribution is -2.19. The minimum absolute atomic E-state index is 0.0916. The maximum atomic E-state index is 12.4. The van der Waals surface area contributed by atoms with Crippen LogP contribution >= 0.6 is 0 Å². The van der Waals surface area contributed by atoms with Gasteiger partial charge in [0, 0.05) is 18.5 Å². The van der Waals surface area contributed by atoms with Gasteiger partial charge in [0.1, 0.15) is 5.82 Å². The Labute approximate surface area is 109 Å². The lowest BCUT2D eigenvalue weighted by Gasteiger charge is -2.08. The van der Waals surface area contributed by atoms with Crippen molar-refractivity contribution in [3.8, 4) is 5.82 Å². The van der Waals surface area contributed by atoms with E-state index in [0.717, 1.165) is 35.0 Å². The summed E-state index contributed by atoms with van der Waals surface area (Å²) in [7, 11) is 0. The summed E-state index contributed by atoms with van der Waals surface area (Å²) in [4.78, 5) is 25.9. The van der Waals surface area contributed by atoms with Crippen LogP contribution in [0, 0.1) is 0 Å². The third-order valence-electron chi connectivity index (χ3n) is 2.48. The van der Waals surface area contributed by atoms with Gasteiger partial charge in [-0.25, -0.2) is 9.78 Å². The van der Waals surface area contributed by atoms with Crippen molar-refractivity contribution < 1.29 is 23.1 Å². The number of carboxylic acid groups (broad SMARTS) is 1. The van der Waals surface area contributed by atoms with Crippen LogP contribution in [-0.2, 0) is 6.18 Å². The third-order valence-corrected chi connectivity index (χ3v) is 2.48. The fourth-order valence-electron chi connectivity index (χ4n) is 1.49. The maximum absolute atomic E-state index is 12.4. The number of alkyl halides is 3. The summed E-state index contributed by atoms with van der Waals surface area (Å²) in [6, 6.07) is 3.87. The predicted molar refractivity (Wildman–Crippen MR) is 61.8 cm³/mol. The largest absolute Gasteiger partial charge is 0.478 e. The van der Waals surface area contributed by atoms with Crippen LogP contribution in [0.2, 0.25) is 0 Å². The number of rotatable bonds is 2. The van der Waals surface area contributed by atoms with E-state index in [1.807, 2.05) is 0 Å². The molecule has 0 unspecified atom stereocenters. The fourth-order valence-corrected chi connectivity index (χ4v) is 1.49. The van der Waals surface area contributed by atoms with Crippen molar-refractivity contribution in [2.45, 2.75) is 6.18 Å². The average molecular weight is 284 g/mol. The monoisotopic (exact) mass is 284 g/mol. The highest BCUT2D eigenvalue weighted by molar-refractivity contribution is 5.87. The topological polar surface area (TPSA) is 72.2 Å². The van der Waals surface area contributed by atoms with Crippen molar-refractivity contribution in [2.24, 2.45) is 0 Å². The summed E-state index contributed by atoms with van der Waals surface area (Å²) in [5.74, 6) is -1.35. The number of nitrogens with zero attached hydrogens (tertiary/aromatic N) is 2. The SMILES string of the molecule is O=C(O)c1ccc(=O)n(-c2ccc(C(F)(F)F)cn2)c1. The molecule has 0 fully saturated rings. The first-order chi connectivity index (χ1) is 9.29. The Morgan fingerprint density at radius 3 is 2.40 bits per heavy atom. The number of carboxylic acids is 1. The van der Waals surface area contributed by atoms with Gasteiger partial charge in [0.2, 0.25) is 0 Å². The van der Waals surface area contributed by atoms with Crippen molar-refractivity contribution in [1.82, 2.24) is 9.55 Å². The molecule has 0 aliphatic rings. The Hall–Kier alpha value is -2.64. The molecule has 0 aliphatic carbocycles. The molecule has 1 N–H and O–H groups in total. The summed E-state index contributed by atoms with van der Waals surface area (Å²) in [5, 5.41) is 8.81. The number of pyridine rings is 2. The third kappa shape index (κ3) is 2.68. The smallest absolute Gasteiger partial charge is 0.417 e. The van der Waals surface area contributed by atoms with Gasteiger partial charge in [-0.2, -0.15) is 13.2 Å². The minimum Gasteiger partial charge on any atom is -0.478 e. The molecule has 2 aromatic heterocycles. The van der Waals surface area contributed by atoms with E-state index in [2.05, 4.69) is 4.98 Å². The van der Waals surface area contributed by atoms with E-state index in [1.165, 1.54) is 0 Å². The molecule has 0 bridgehead atoms. The average Bonchev–Trinajstić information content (AvgIpc) is 2.38. The highest BCUT2D eigenvalue weighted by atomic mass is 19.4. The van der Waals surface area contributed by atoms with Crippen LogP contribution in [0.3, 0.4) is 0 Å². The molecule has 20 heavy (non-hydrogen) atoms. The minimum atomic E-state index is -4.53. The number of carbonyl (C=O) groups is 1. The van der Waals surface area contributed by atoms with Crippen molar-refractivity contribution in [3.63, 3.8) is 0 Å². The van der Waals surface area contributed by atoms with Crippen LogP contribution in [0.25, 0.3) is 5.82 Å². The lowest BCUT2D eigenvalue weighted by molar-refractivity contribution is -0.137. The second-order valence-electron chi connectivity index (χ2n) is 3.83. The standard InChI is InChI=1S/C12H7F3N2O3/c13-12(14,15)8-2-3-9(16-5-8)17-6-7(11(19)20)1-4-10(17)18/h1-6H,(H,19,20). The second-order valence-corrected chi connectivity index (χ2v) is 3.83. The molecule has 0 atom stereocenters. The van der Waals surface area contributed by atoms with Gasteiger partial charge in [-0.1, -0.05) is 0 Å². The molecule has 0 saturated carbocycles. The molecule has 0 spiro atoms. The Kier molecular flexibility index (Phi) is 3.31. The molecule has 0 aliphatic heterocycles. The van der Waals surface area contributed by atoms with E-state index in [-0.39, 0.29) is 11.4 Å². The van der Waals surface area contributed by atoms with E-state index in [0.29, 0.717) is 6.20 Å². The summed E-state index contributed by atoms with van der Waals surface area (Å²) < 4.78 is 38.0. The summed E-state index contributed by atoms with van der Waals surface area (Å²) in [6.45, 7) is 0. The number of hydrogen-bond acceptors (Lipinski definition) is 3. The molecule has 2 heterocycles. The summed E-state index contributed by atoms with van der Waals surface area (Å²) >= 11 is 0. The molecule has 0 radical (unpaired) electrons. The van der Waals surface area contributed by atoms with Gasteiger partial charge in [0.05, 0.1) is 11.1 Å². The van der Waals surface area contributed by atoms with Gasteiger partial charge in [-0.3, -0.25) is 9.36 Å². The first kappa shape index (κ1) is 13.8. The maximum Gasteiger partial charge on any atom is 0.417 e. The zero-order valence-corrected chi connectivity index (χ0v) is 9.76. The van der Waals surface area contributed by atoms with Gasteiger partial charge in [-0.15, -0.1) is 0 Å². The van der Waals surface area contributed by atoms with Gasteiger partial charge in [-0.05, 0) is 18.2 Å². The highest BCUT2D eigenvalue weighted by Crippen LogP contribution is 2.28. The normalized spacial score (nSPS) is 11.3. The molecule has 2 aromatic rings. The first-order valence-corrected chi connectivity index (χ1v) is 5.28. The van der Waals surface area contributed by atoms with Crippen molar-refractivity contribution >= 4 is 5.97 Å². The molecule has 0 aromatic carbocycles. The molecule has 5 nitrogen and oxygen atoms in total. The lowest BCUT2D eigenvalue weighted by atomic mass is 10.2. The Morgan fingerprint density at radius 2 is 1.90 bits per heavy atom. The summed E-state index contributed by atoms with van der Waals surface area (Å²) in [5.41, 5.74) is -1.72. The zero-order chi connectivity index (χ0) is 14.9. The fraction of sp³-hybridized carbons (Fsp3) is 0.0833.